The van der Waals surface area contributed by atoms with Crippen molar-refractivity contribution in [2.75, 3.05) is 38.6 Å². The number of sulfonamides is 1. The number of hydrogen-bond acceptors (Lipinski definition) is 4. The van der Waals surface area contributed by atoms with E-state index in [4.69, 9.17) is 0 Å². The Hall–Kier alpha value is -1.11. The second kappa shape index (κ2) is 7.47. The summed E-state index contributed by atoms with van der Waals surface area (Å²) < 4.78 is 26.1. The molecule has 0 aliphatic rings. The van der Waals surface area contributed by atoms with Gasteiger partial charge in [0, 0.05) is 25.8 Å². The van der Waals surface area contributed by atoms with Crippen LogP contribution < -0.4 is 14.9 Å². The number of anilines is 1. The van der Waals surface area contributed by atoms with E-state index in [1.165, 1.54) is 0 Å². The van der Waals surface area contributed by atoms with E-state index < -0.39 is 10.0 Å². The van der Waals surface area contributed by atoms with Gasteiger partial charge in [0.25, 0.3) is 0 Å². The maximum absolute atomic E-state index is 11.8. The van der Waals surface area contributed by atoms with Crippen LogP contribution in [0, 0.1) is 0 Å². The minimum atomic E-state index is -3.35. The van der Waals surface area contributed by atoms with E-state index in [9.17, 15) is 8.42 Å². The average Bonchev–Trinajstić information content (AvgIpc) is 2.39. The topological polar surface area (TPSA) is 61.4 Å². The highest BCUT2D eigenvalue weighted by Crippen LogP contribution is 2.16. The summed E-state index contributed by atoms with van der Waals surface area (Å²) in [6.45, 7) is 4.06. The van der Waals surface area contributed by atoms with Crippen LogP contribution in [0.15, 0.2) is 29.2 Å². The van der Waals surface area contributed by atoms with E-state index in [-0.39, 0.29) is 0 Å². The van der Waals surface area contributed by atoms with Crippen LogP contribution in [0.2, 0.25) is 0 Å². The number of nitrogens with zero attached hydrogens (tertiary/aromatic N) is 1. The van der Waals surface area contributed by atoms with Crippen molar-refractivity contribution in [3.05, 3.63) is 24.3 Å². The molecule has 0 aliphatic heterocycles. The van der Waals surface area contributed by atoms with Gasteiger partial charge in [-0.2, -0.15) is 0 Å². The molecular formula is C13H23N3O2S. The molecule has 0 saturated heterocycles. The lowest BCUT2D eigenvalue weighted by molar-refractivity contribution is 0.584. The Morgan fingerprint density at radius 2 is 1.84 bits per heavy atom. The molecule has 0 saturated carbocycles. The van der Waals surface area contributed by atoms with Gasteiger partial charge in [0.1, 0.15) is 0 Å². The van der Waals surface area contributed by atoms with Crippen molar-refractivity contribution in [1.29, 1.82) is 0 Å². The van der Waals surface area contributed by atoms with Gasteiger partial charge >= 0.3 is 0 Å². The highest BCUT2D eigenvalue weighted by molar-refractivity contribution is 7.89. The Morgan fingerprint density at radius 3 is 2.37 bits per heavy atom. The van der Waals surface area contributed by atoms with Gasteiger partial charge in [0.15, 0.2) is 0 Å². The Bertz CT molecular complexity index is 471. The molecule has 0 aliphatic carbocycles. The van der Waals surface area contributed by atoms with Gasteiger partial charge in [-0.05, 0) is 44.3 Å². The van der Waals surface area contributed by atoms with E-state index in [1.807, 2.05) is 26.2 Å². The van der Waals surface area contributed by atoms with Crippen LogP contribution in [0.25, 0.3) is 0 Å². The smallest absolute Gasteiger partial charge is 0.240 e. The standard InChI is InChI=1S/C13H23N3O2S/c1-4-15-19(17,18)13-8-6-12(7-9-13)16(3)11-5-10-14-2/h6-9,14-15H,4-5,10-11H2,1-3H3. The van der Waals surface area contributed by atoms with Crippen LogP contribution >= 0.6 is 0 Å². The van der Waals surface area contributed by atoms with Gasteiger partial charge < -0.3 is 10.2 Å². The molecule has 19 heavy (non-hydrogen) atoms. The number of benzene rings is 1. The maximum Gasteiger partial charge on any atom is 0.240 e. The summed E-state index contributed by atoms with van der Waals surface area (Å²) in [5.41, 5.74) is 1.02. The zero-order chi connectivity index (χ0) is 14.3. The fraction of sp³-hybridized carbons (Fsp3) is 0.538. The summed E-state index contributed by atoms with van der Waals surface area (Å²) in [5.74, 6) is 0. The molecule has 0 fully saturated rings. The lowest BCUT2D eigenvalue weighted by atomic mass is 10.3. The SMILES string of the molecule is CCNS(=O)(=O)c1ccc(N(C)CCCNC)cc1. The van der Waals surface area contributed by atoms with E-state index >= 15 is 0 Å². The maximum atomic E-state index is 11.8. The third kappa shape index (κ3) is 4.81. The summed E-state index contributed by atoms with van der Waals surface area (Å²) >= 11 is 0. The predicted molar refractivity (Wildman–Crippen MR) is 79.1 cm³/mol. The zero-order valence-electron chi connectivity index (χ0n) is 11.8. The Labute approximate surface area is 116 Å². The molecule has 0 bridgehead atoms. The molecule has 0 spiro atoms. The number of hydrogen-bond donors (Lipinski definition) is 2. The Kier molecular flexibility index (Phi) is 6.27. The molecule has 6 heteroatoms. The van der Waals surface area contributed by atoms with Crippen molar-refractivity contribution < 1.29 is 8.42 Å². The summed E-state index contributed by atoms with van der Waals surface area (Å²) in [6, 6.07) is 6.96. The molecule has 0 aromatic heterocycles. The zero-order valence-corrected chi connectivity index (χ0v) is 12.6. The molecule has 0 amide bonds. The fourth-order valence-corrected chi connectivity index (χ4v) is 2.82. The summed E-state index contributed by atoms with van der Waals surface area (Å²) in [6.07, 6.45) is 1.05. The summed E-state index contributed by atoms with van der Waals surface area (Å²) in [7, 11) is 0.582. The molecule has 0 unspecified atom stereocenters. The monoisotopic (exact) mass is 285 g/mol. The Morgan fingerprint density at radius 1 is 1.21 bits per heavy atom. The van der Waals surface area contributed by atoms with Gasteiger partial charge in [-0.1, -0.05) is 6.92 Å². The van der Waals surface area contributed by atoms with Gasteiger partial charge in [0.2, 0.25) is 10.0 Å². The van der Waals surface area contributed by atoms with E-state index in [0.717, 1.165) is 25.2 Å². The highest BCUT2D eigenvalue weighted by atomic mass is 32.2. The first-order valence-electron chi connectivity index (χ1n) is 6.46. The van der Waals surface area contributed by atoms with Crippen molar-refractivity contribution in [1.82, 2.24) is 10.0 Å². The molecule has 1 aromatic carbocycles. The van der Waals surface area contributed by atoms with Gasteiger partial charge in [0.05, 0.1) is 4.90 Å². The second-order valence-corrected chi connectivity index (χ2v) is 6.14. The van der Waals surface area contributed by atoms with Crippen molar-refractivity contribution in [2.24, 2.45) is 0 Å². The lowest BCUT2D eigenvalue weighted by Crippen LogP contribution is -2.24. The fourth-order valence-electron chi connectivity index (χ4n) is 1.78. The summed E-state index contributed by atoms with van der Waals surface area (Å²) in [4.78, 5) is 2.42. The molecule has 2 N–H and O–H groups in total. The highest BCUT2D eigenvalue weighted by Gasteiger charge is 2.12. The van der Waals surface area contributed by atoms with Crippen molar-refractivity contribution in [2.45, 2.75) is 18.2 Å². The lowest BCUT2D eigenvalue weighted by Gasteiger charge is -2.19. The van der Waals surface area contributed by atoms with Crippen LogP contribution in [0.1, 0.15) is 13.3 Å². The first-order chi connectivity index (χ1) is 9.01. The molecule has 1 aromatic rings. The second-order valence-electron chi connectivity index (χ2n) is 4.37. The molecule has 0 atom stereocenters. The van der Waals surface area contributed by atoms with Crippen molar-refractivity contribution in [3.8, 4) is 0 Å². The Balaban J connectivity index is 2.71. The number of rotatable bonds is 8. The molecule has 108 valence electrons. The quantitative estimate of drug-likeness (QED) is 0.700. The predicted octanol–water partition coefficient (Wildman–Crippen LogP) is 1.03. The molecular weight excluding hydrogens is 262 g/mol. The third-order valence-electron chi connectivity index (χ3n) is 2.84. The van der Waals surface area contributed by atoms with Gasteiger partial charge in [-0.3, -0.25) is 0 Å². The van der Waals surface area contributed by atoms with Gasteiger partial charge in [-0.25, -0.2) is 13.1 Å². The van der Waals surface area contributed by atoms with Crippen LogP contribution in [-0.4, -0.2) is 42.1 Å². The third-order valence-corrected chi connectivity index (χ3v) is 4.40. The first kappa shape index (κ1) is 15.9. The first-order valence-corrected chi connectivity index (χ1v) is 7.95. The van der Waals surface area contributed by atoms with Crippen LogP contribution in [0.4, 0.5) is 5.69 Å². The van der Waals surface area contributed by atoms with E-state index in [0.29, 0.717) is 11.4 Å². The van der Waals surface area contributed by atoms with Crippen molar-refractivity contribution >= 4 is 15.7 Å². The molecule has 0 heterocycles. The average molecular weight is 285 g/mol. The van der Waals surface area contributed by atoms with Crippen molar-refractivity contribution in [3.63, 3.8) is 0 Å². The van der Waals surface area contributed by atoms with Gasteiger partial charge in [-0.15, -0.1) is 0 Å². The summed E-state index contributed by atoms with van der Waals surface area (Å²) in [5, 5.41) is 3.10. The normalized spacial score (nSPS) is 11.5. The van der Waals surface area contributed by atoms with Crippen LogP contribution in [0.3, 0.4) is 0 Å². The van der Waals surface area contributed by atoms with E-state index in [1.54, 1.807) is 19.1 Å². The molecule has 1 rings (SSSR count). The molecule has 5 nitrogen and oxygen atoms in total. The van der Waals surface area contributed by atoms with Crippen LogP contribution in [-0.2, 0) is 10.0 Å². The van der Waals surface area contributed by atoms with E-state index in [2.05, 4.69) is 14.9 Å². The minimum Gasteiger partial charge on any atom is -0.375 e. The van der Waals surface area contributed by atoms with Crippen LogP contribution in [0.5, 0.6) is 0 Å². The minimum absolute atomic E-state index is 0.307. The number of nitrogens with one attached hydrogen (secondary N) is 2. The molecule has 0 radical (unpaired) electrons. The largest absolute Gasteiger partial charge is 0.375 e.